The van der Waals surface area contributed by atoms with Gasteiger partial charge >= 0.3 is 11.9 Å². The van der Waals surface area contributed by atoms with E-state index < -0.39 is 17.5 Å². The van der Waals surface area contributed by atoms with Gasteiger partial charge in [0.2, 0.25) is 11.4 Å². The van der Waals surface area contributed by atoms with Crippen molar-refractivity contribution >= 4 is 23.5 Å². The average molecular weight is 427 g/mol. The number of carbonyl (C=O) groups is 2. The topological polar surface area (TPSA) is 61.8 Å². The first-order valence-corrected chi connectivity index (χ1v) is 10.3. The van der Waals surface area contributed by atoms with Crippen LogP contribution in [0.25, 0.3) is 0 Å². The van der Waals surface area contributed by atoms with E-state index in [1.807, 2.05) is 54.6 Å². The molecule has 4 rings (SSSR count). The molecule has 1 aliphatic carbocycles. The molecule has 1 aliphatic heterocycles. The predicted molar refractivity (Wildman–Crippen MR) is 112 cm³/mol. The molecule has 0 N–H and O–H groups in total. The number of halogens is 1. The highest BCUT2D eigenvalue weighted by molar-refractivity contribution is 6.30. The zero-order valence-corrected chi connectivity index (χ0v) is 17.6. The highest BCUT2D eigenvalue weighted by Gasteiger charge is 2.64. The van der Waals surface area contributed by atoms with Gasteiger partial charge in [0, 0.05) is 23.3 Å². The largest absolute Gasteiger partial charge is 0.468 e. The third-order valence-corrected chi connectivity index (χ3v) is 6.25. The van der Waals surface area contributed by atoms with Gasteiger partial charge in [0.1, 0.15) is 0 Å². The number of hydrogen-bond donors (Lipinski definition) is 0. The second-order valence-electron chi connectivity index (χ2n) is 7.56. The van der Waals surface area contributed by atoms with Crippen molar-refractivity contribution in [2.45, 2.75) is 30.8 Å². The van der Waals surface area contributed by atoms with Crippen molar-refractivity contribution in [1.29, 1.82) is 0 Å². The first-order chi connectivity index (χ1) is 14.5. The van der Waals surface area contributed by atoms with E-state index >= 15 is 0 Å². The molecule has 1 saturated carbocycles. The van der Waals surface area contributed by atoms with E-state index in [9.17, 15) is 9.59 Å². The van der Waals surface area contributed by atoms with E-state index in [1.165, 1.54) is 7.11 Å². The number of hydrogen-bond acceptors (Lipinski definition) is 5. The fourth-order valence-corrected chi connectivity index (χ4v) is 4.89. The van der Waals surface area contributed by atoms with E-state index in [1.54, 1.807) is 13.0 Å². The summed E-state index contributed by atoms with van der Waals surface area (Å²) in [6.45, 7) is 1.96. The number of ether oxygens (including phenoxy) is 3. The molecular weight excluding hydrogens is 404 g/mol. The summed E-state index contributed by atoms with van der Waals surface area (Å²) in [5.74, 6) is -1.45. The first-order valence-electron chi connectivity index (χ1n) is 9.97. The number of fused-ring (bicyclic) bond motifs is 1. The number of benzene rings is 2. The molecule has 2 aromatic rings. The molecule has 2 aliphatic rings. The van der Waals surface area contributed by atoms with Gasteiger partial charge in [-0.2, -0.15) is 0 Å². The lowest BCUT2D eigenvalue weighted by atomic mass is 9.78. The summed E-state index contributed by atoms with van der Waals surface area (Å²) in [4.78, 5) is 25.4. The van der Waals surface area contributed by atoms with Gasteiger partial charge < -0.3 is 14.2 Å². The molecule has 1 heterocycles. The summed E-state index contributed by atoms with van der Waals surface area (Å²) in [6.07, 6.45) is 2.12. The Balaban J connectivity index is 1.83. The monoisotopic (exact) mass is 426 g/mol. The van der Waals surface area contributed by atoms with Crippen LogP contribution in [-0.2, 0) is 23.8 Å². The molecule has 0 aromatic heterocycles. The maximum absolute atomic E-state index is 13.0. The van der Waals surface area contributed by atoms with E-state index in [0.717, 1.165) is 11.1 Å². The highest BCUT2D eigenvalue weighted by Crippen LogP contribution is 2.60. The van der Waals surface area contributed by atoms with Crippen molar-refractivity contribution in [1.82, 2.24) is 0 Å². The van der Waals surface area contributed by atoms with Crippen LogP contribution in [0, 0.1) is 5.92 Å². The molecule has 0 radical (unpaired) electrons. The van der Waals surface area contributed by atoms with Crippen LogP contribution in [0.4, 0.5) is 0 Å². The molecule has 6 heteroatoms. The molecule has 156 valence electrons. The first kappa shape index (κ1) is 20.5. The molecular formula is C24H23ClO5. The number of rotatable bonds is 5. The van der Waals surface area contributed by atoms with E-state index in [0.29, 0.717) is 11.4 Å². The Morgan fingerprint density at radius 1 is 1.10 bits per heavy atom. The molecule has 2 aromatic carbocycles. The maximum Gasteiger partial charge on any atom is 0.373 e. The Labute approximate surface area is 180 Å². The molecule has 0 spiro atoms. The number of esters is 2. The summed E-state index contributed by atoms with van der Waals surface area (Å²) in [6, 6.07) is 17.6. The summed E-state index contributed by atoms with van der Waals surface area (Å²) < 4.78 is 16.3. The van der Waals surface area contributed by atoms with Crippen LogP contribution in [0.5, 0.6) is 0 Å². The van der Waals surface area contributed by atoms with Gasteiger partial charge in [-0.15, -0.1) is 0 Å². The second-order valence-corrected chi connectivity index (χ2v) is 8.00. The number of methoxy groups -OCH3 is 1. The van der Waals surface area contributed by atoms with Gasteiger partial charge in [-0.05, 0) is 42.2 Å². The van der Waals surface area contributed by atoms with Crippen LogP contribution in [0.15, 0.2) is 66.4 Å². The van der Waals surface area contributed by atoms with Crippen LogP contribution in [-0.4, -0.2) is 31.3 Å². The molecule has 1 unspecified atom stereocenters. The van der Waals surface area contributed by atoms with Crippen LogP contribution >= 0.6 is 11.6 Å². The minimum atomic E-state index is -1.28. The molecule has 0 bridgehead atoms. The normalized spacial score (nSPS) is 27.0. The average Bonchev–Trinajstić information content (AvgIpc) is 3.29. The summed E-state index contributed by atoms with van der Waals surface area (Å²) in [5.41, 5.74) is 0.848. The standard InChI is InChI=1S/C24H23ClO5/c1-3-29-22(26)20-13-19-21(16-7-5-4-6-8-16)18(15-9-11-17(25)12-10-15)14-24(19,30-20)23(27)28-2/h4-13,18-19,21H,3,14H2,1-2H3/t18-,19?,21-,24-/m1/s1. The van der Waals surface area contributed by atoms with Gasteiger partial charge in [0.15, 0.2) is 0 Å². The Hall–Kier alpha value is -2.79. The Morgan fingerprint density at radius 2 is 1.80 bits per heavy atom. The Kier molecular flexibility index (Phi) is 5.56. The van der Waals surface area contributed by atoms with Crippen molar-refractivity contribution in [3.63, 3.8) is 0 Å². The number of carbonyl (C=O) groups excluding carboxylic acids is 2. The summed E-state index contributed by atoms with van der Waals surface area (Å²) >= 11 is 6.09. The van der Waals surface area contributed by atoms with Crippen molar-refractivity contribution in [2.24, 2.45) is 5.92 Å². The van der Waals surface area contributed by atoms with Crippen LogP contribution in [0.2, 0.25) is 5.02 Å². The van der Waals surface area contributed by atoms with E-state index in [4.69, 9.17) is 25.8 Å². The van der Waals surface area contributed by atoms with Crippen molar-refractivity contribution in [3.8, 4) is 0 Å². The van der Waals surface area contributed by atoms with Crippen molar-refractivity contribution < 1.29 is 23.8 Å². The van der Waals surface area contributed by atoms with Gasteiger partial charge in [-0.3, -0.25) is 0 Å². The third kappa shape index (κ3) is 3.37. The summed E-state index contributed by atoms with van der Waals surface area (Å²) in [5, 5.41) is 0.650. The van der Waals surface area contributed by atoms with Crippen LogP contribution < -0.4 is 0 Å². The fraction of sp³-hybridized carbons (Fsp3) is 0.333. The SMILES string of the molecule is CCOC(=O)C1=CC2[C@H](c3ccccc3)[C@@H](c3ccc(Cl)cc3)C[C@@]2(C(=O)OC)O1. The van der Waals surface area contributed by atoms with Crippen LogP contribution in [0.3, 0.4) is 0 Å². The zero-order valence-electron chi connectivity index (χ0n) is 16.8. The van der Waals surface area contributed by atoms with Gasteiger partial charge in [0.05, 0.1) is 13.7 Å². The smallest absolute Gasteiger partial charge is 0.373 e. The van der Waals surface area contributed by atoms with E-state index in [2.05, 4.69) is 0 Å². The Bertz CT molecular complexity index is 969. The molecule has 0 amide bonds. The van der Waals surface area contributed by atoms with E-state index in [-0.39, 0.29) is 30.1 Å². The van der Waals surface area contributed by atoms with Gasteiger partial charge in [0.25, 0.3) is 0 Å². The lowest BCUT2D eigenvalue weighted by molar-refractivity contribution is -0.167. The zero-order chi connectivity index (χ0) is 21.3. The highest BCUT2D eigenvalue weighted by atomic mass is 35.5. The third-order valence-electron chi connectivity index (χ3n) is 6.00. The van der Waals surface area contributed by atoms with Crippen molar-refractivity contribution in [2.75, 3.05) is 13.7 Å². The molecule has 0 saturated heterocycles. The minimum Gasteiger partial charge on any atom is -0.468 e. The maximum atomic E-state index is 13.0. The quantitative estimate of drug-likeness (QED) is 0.653. The van der Waals surface area contributed by atoms with Crippen LogP contribution in [0.1, 0.15) is 36.3 Å². The minimum absolute atomic E-state index is 0.0197. The molecule has 1 fully saturated rings. The van der Waals surface area contributed by atoms with Gasteiger partial charge in [-0.1, -0.05) is 54.1 Å². The lowest BCUT2D eigenvalue weighted by Crippen LogP contribution is -2.43. The second kappa shape index (κ2) is 8.15. The lowest BCUT2D eigenvalue weighted by Gasteiger charge is -2.27. The van der Waals surface area contributed by atoms with Gasteiger partial charge in [-0.25, -0.2) is 9.59 Å². The Morgan fingerprint density at radius 3 is 2.43 bits per heavy atom. The molecule has 4 atom stereocenters. The molecule has 5 nitrogen and oxygen atoms in total. The predicted octanol–water partition coefficient (Wildman–Crippen LogP) is 4.62. The van der Waals surface area contributed by atoms with Crippen molar-refractivity contribution in [3.05, 3.63) is 82.6 Å². The molecule has 30 heavy (non-hydrogen) atoms. The summed E-state index contributed by atoms with van der Waals surface area (Å²) in [7, 11) is 1.34. The fourth-order valence-electron chi connectivity index (χ4n) is 4.77.